The molecular formula is C19H28N2O2. The van der Waals surface area contributed by atoms with Crippen LogP contribution in [-0.2, 0) is 11.2 Å². The van der Waals surface area contributed by atoms with Crippen LogP contribution in [0.2, 0.25) is 0 Å². The first-order valence-electron chi connectivity index (χ1n) is 8.99. The quantitative estimate of drug-likeness (QED) is 0.908. The summed E-state index contributed by atoms with van der Waals surface area (Å²) in [6.07, 6.45) is 6.68. The number of amides is 1. The van der Waals surface area contributed by atoms with Crippen LogP contribution in [0.1, 0.15) is 37.7 Å². The number of carbonyl (C=O) groups is 1. The minimum atomic E-state index is 0.216. The summed E-state index contributed by atoms with van der Waals surface area (Å²) >= 11 is 0. The number of phenolic OH excluding ortho intramolecular Hbond substituents is 1. The molecule has 4 nitrogen and oxygen atoms in total. The summed E-state index contributed by atoms with van der Waals surface area (Å²) in [6, 6.07) is 7.29. The zero-order chi connectivity index (χ0) is 16.1. The van der Waals surface area contributed by atoms with E-state index < -0.39 is 0 Å². The van der Waals surface area contributed by atoms with E-state index in [9.17, 15) is 9.90 Å². The lowest BCUT2D eigenvalue weighted by Gasteiger charge is -2.36. The molecule has 0 spiro atoms. The number of phenols is 1. The molecule has 0 bridgehead atoms. The van der Waals surface area contributed by atoms with Gasteiger partial charge in [0, 0.05) is 39.1 Å². The minimum Gasteiger partial charge on any atom is -0.508 e. The van der Waals surface area contributed by atoms with Crippen molar-refractivity contribution in [2.45, 2.75) is 38.5 Å². The molecule has 4 heteroatoms. The monoisotopic (exact) mass is 316 g/mol. The molecule has 1 aromatic rings. The van der Waals surface area contributed by atoms with Gasteiger partial charge in [0.2, 0.25) is 5.91 Å². The first-order chi connectivity index (χ1) is 11.2. The molecule has 0 unspecified atom stereocenters. The van der Waals surface area contributed by atoms with Crippen LogP contribution in [0.25, 0.3) is 0 Å². The van der Waals surface area contributed by atoms with Gasteiger partial charge in [-0.2, -0.15) is 0 Å². The number of aryl methyl sites for hydroxylation is 1. The highest BCUT2D eigenvalue weighted by atomic mass is 16.3. The number of carbonyl (C=O) groups excluding carboxylic acids is 1. The Kier molecular flexibility index (Phi) is 5.55. The average Bonchev–Trinajstić information content (AvgIpc) is 3.07. The standard InChI is InChI=1S/C19H28N2O2/c22-18-8-4-3-7-17(18)9-10-19(23)21-13-11-20(12-14-21)15-16-5-1-2-6-16/h3-4,7-8,16,22H,1-2,5-6,9-15H2. The molecule has 1 aliphatic heterocycles. The smallest absolute Gasteiger partial charge is 0.222 e. The lowest BCUT2D eigenvalue weighted by atomic mass is 10.1. The number of benzene rings is 1. The van der Waals surface area contributed by atoms with Gasteiger partial charge < -0.3 is 10.0 Å². The highest BCUT2D eigenvalue weighted by Crippen LogP contribution is 2.26. The van der Waals surface area contributed by atoms with Crippen LogP contribution in [0.5, 0.6) is 5.75 Å². The molecular weight excluding hydrogens is 288 g/mol. The van der Waals surface area contributed by atoms with Gasteiger partial charge in [0.1, 0.15) is 5.75 Å². The van der Waals surface area contributed by atoms with E-state index in [1.54, 1.807) is 6.07 Å². The summed E-state index contributed by atoms with van der Waals surface area (Å²) in [5.41, 5.74) is 0.862. The zero-order valence-corrected chi connectivity index (χ0v) is 13.9. The van der Waals surface area contributed by atoms with Gasteiger partial charge in [-0.25, -0.2) is 0 Å². The second kappa shape index (κ2) is 7.82. The Morgan fingerprint density at radius 3 is 2.48 bits per heavy atom. The van der Waals surface area contributed by atoms with E-state index in [0.29, 0.717) is 18.6 Å². The molecule has 126 valence electrons. The largest absolute Gasteiger partial charge is 0.508 e. The predicted octanol–water partition coefficient (Wildman–Crippen LogP) is 2.66. The van der Waals surface area contributed by atoms with Crippen molar-refractivity contribution < 1.29 is 9.90 Å². The first-order valence-corrected chi connectivity index (χ1v) is 8.99. The van der Waals surface area contributed by atoms with Gasteiger partial charge in [0.05, 0.1) is 0 Å². The van der Waals surface area contributed by atoms with Crippen molar-refractivity contribution in [3.63, 3.8) is 0 Å². The fraction of sp³-hybridized carbons (Fsp3) is 0.632. The van der Waals surface area contributed by atoms with Gasteiger partial charge in [-0.05, 0) is 36.8 Å². The second-order valence-corrected chi connectivity index (χ2v) is 6.96. The van der Waals surface area contributed by atoms with Crippen molar-refractivity contribution in [2.24, 2.45) is 5.92 Å². The number of para-hydroxylation sites is 1. The Morgan fingerprint density at radius 2 is 1.78 bits per heavy atom. The Balaban J connectivity index is 1.40. The van der Waals surface area contributed by atoms with E-state index >= 15 is 0 Å². The average molecular weight is 316 g/mol. The third-order valence-electron chi connectivity index (χ3n) is 5.32. The summed E-state index contributed by atoms with van der Waals surface area (Å²) < 4.78 is 0. The van der Waals surface area contributed by atoms with Crippen molar-refractivity contribution in [1.29, 1.82) is 0 Å². The van der Waals surface area contributed by atoms with Crippen LogP contribution in [0, 0.1) is 5.92 Å². The molecule has 2 aliphatic rings. The van der Waals surface area contributed by atoms with Crippen LogP contribution in [0.15, 0.2) is 24.3 Å². The zero-order valence-electron chi connectivity index (χ0n) is 13.9. The van der Waals surface area contributed by atoms with Crippen molar-refractivity contribution in [3.8, 4) is 5.75 Å². The molecule has 2 fully saturated rings. The van der Waals surface area contributed by atoms with E-state index in [-0.39, 0.29) is 5.91 Å². The van der Waals surface area contributed by atoms with Gasteiger partial charge in [-0.1, -0.05) is 31.0 Å². The van der Waals surface area contributed by atoms with Gasteiger partial charge >= 0.3 is 0 Å². The molecule has 0 aromatic heterocycles. The lowest BCUT2D eigenvalue weighted by molar-refractivity contribution is -0.133. The van der Waals surface area contributed by atoms with Crippen LogP contribution < -0.4 is 0 Å². The van der Waals surface area contributed by atoms with E-state index in [4.69, 9.17) is 0 Å². The van der Waals surface area contributed by atoms with Gasteiger partial charge in [0.25, 0.3) is 0 Å². The molecule has 0 radical (unpaired) electrons. The summed E-state index contributed by atoms with van der Waals surface area (Å²) in [5.74, 6) is 1.40. The maximum absolute atomic E-state index is 12.4. The SMILES string of the molecule is O=C(CCc1ccccc1O)N1CCN(CC2CCCC2)CC1. The highest BCUT2D eigenvalue weighted by Gasteiger charge is 2.24. The van der Waals surface area contributed by atoms with E-state index in [1.165, 1.54) is 32.2 Å². The number of hydrogen-bond acceptors (Lipinski definition) is 3. The number of aromatic hydroxyl groups is 1. The van der Waals surface area contributed by atoms with Crippen molar-refractivity contribution in [2.75, 3.05) is 32.7 Å². The van der Waals surface area contributed by atoms with Crippen molar-refractivity contribution in [1.82, 2.24) is 9.80 Å². The molecule has 1 saturated heterocycles. The first kappa shape index (κ1) is 16.3. The summed E-state index contributed by atoms with van der Waals surface area (Å²) in [7, 11) is 0. The van der Waals surface area contributed by atoms with Crippen LogP contribution in [0.4, 0.5) is 0 Å². The fourth-order valence-corrected chi connectivity index (χ4v) is 3.86. The minimum absolute atomic E-state index is 0.216. The maximum atomic E-state index is 12.4. The number of piperazine rings is 1. The van der Waals surface area contributed by atoms with Crippen molar-refractivity contribution >= 4 is 5.91 Å². The summed E-state index contributed by atoms with van der Waals surface area (Å²) in [5, 5.41) is 9.77. The molecule has 0 atom stereocenters. The molecule has 3 rings (SSSR count). The third kappa shape index (κ3) is 4.47. The summed E-state index contributed by atoms with van der Waals surface area (Å²) in [4.78, 5) is 16.9. The lowest BCUT2D eigenvalue weighted by Crippen LogP contribution is -2.49. The predicted molar refractivity (Wildman–Crippen MR) is 91.4 cm³/mol. The Labute approximate surface area is 139 Å². The molecule has 1 saturated carbocycles. The Bertz CT molecular complexity index is 518. The Morgan fingerprint density at radius 1 is 1.09 bits per heavy atom. The third-order valence-corrected chi connectivity index (χ3v) is 5.32. The highest BCUT2D eigenvalue weighted by molar-refractivity contribution is 5.76. The molecule has 1 aromatic carbocycles. The number of rotatable bonds is 5. The molecule has 1 amide bonds. The maximum Gasteiger partial charge on any atom is 0.222 e. The van der Waals surface area contributed by atoms with Crippen LogP contribution >= 0.6 is 0 Å². The van der Waals surface area contributed by atoms with Gasteiger partial charge in [-0.15, -0.1) is 0 Å². The number of hydrogen-bond donors (Lipinski definition) is 1. The fourth-order valence-electron chi connectivity index (χ4n) is 3.86. The normalized spacial score (nSPS) is 20.1. The van der Waals surface area contributed by atoms with E-state index in [0.717, 1.165) is 37.7 Å². The topological polar surface area (TPSA) is 43.8 Å². The van der Waals surface area contributed by atoms with Crippen LogP contribution in [0.3, 0.4) is 0 Å². The molecule has 1 N–H and O–H groups in total. The van der Waals surface area contributed by atoms with E-state index in [1.807, 2.05) is 23.1 Å². The Hall–Kier alpha value is -1.55. The molecule has 1 aliphatic carbocycles. The van der Waals surface area contributed by atoms with Gasteiger partial charge in [0.15, 0.2) is 0 Å². The molecule has 23 heavy (non-hydrogen) atoms. The van der Waals surface area contributed by atoms with Crippen molar-refractivity contribution in [3.05, 3.63) is 29.8 Å². The van der Waals surface area contributed by atoms with Gasteiger partial charge in [-0.3, -0.25) is 9.69 Å². The molecule has 1 heterocycles. The van der Waals surface area contributed by atoms with Crippen LogP contribution in [-0.4, -0.2) is 53.5 Å². The number of nitrogens with zero attached hydrogens (tertiary/aromatic N) is 2. The second-order valence-electron chi connectivity index (χ2n) is 6.96. The summed E-state index contributed by atoms with van der Waals surface area (Å²) in [6.45, 7) is 4.95. The van der Waals surface area contributed by atoms with E-state index in [2.05, 4.69) is 4.90 Å².